The fourth-order valence-corrected chi connectivity index (χ4v) is 1.80. The minimum absolute atomic E-state index is 0. The van der Waals surface area contributed by atoms with Crippen molar-refractivity contribution in [3.63, 3.8) is 0 Å². The largest absolute Gasteiger partial charge is 0.573 e. The Morgan fingerprint density at radius 3 is 2.10 bits per heavy atom. The topological polar surface area (TPSA) is 55.5 Å². The van der Waals surface area contributed by atoms with E-state index in [0.29, 0.717) is 17.9 Å². The van der Waals surface area contributed by atoms with Crippen molar-refractivity contribution in [3.8, 4) is 5.75 Å². The van der Waals surface area contributed by atoms with Crippen LogP contribution in [0.4, 0.5) is 13.2 Å². The molecule has 0 saturated heterocycles. The highest BCUT2D eigenvalue weighted by Crippen LogP contribution is 2.25. The molecule has 0 aromatic heterocycles. The summed E-state index contributed by atoms with van der Waals surface area (Å²) in [5, 5.41) is 9.94. The van der Waals surface area contributed by atoms with Crippen LogP contribution in [0.3, 0.4) is 0 Å². The monoisotopic (exact) mass is 327 g/mol. The second kappa shape index (κ2) is 8.46. The zero-order valence-corrected chi connectivity index (χ0v) is 12.7. The second-order valence-corrected chi connectivity index (χ2v) is 5.18. The molecule has 1 aromatic rings. The van der Waals surface area contributed by atoms with Gasteiger partial charge in [0.05, 0.1) is 12.1 Å². The van der Waals surface area contributed by atoms with Crippen molar-refractivity contribution < 1.29 is 23.0 Å². The van der Waals surface area contributed by atoms with Crippen molar-refractivity contribution >= 4 is 12.4 Å². The lowest BCUT2D eigenvalue weighted by molar-refractivity contribution is -0.274. The summed E-state index contributed by atoms with van der Waals surface area (Å²) in [5.74, 6) is 0.157. The van der Waals surface area contributed by atoms with Gasteiger partial charge in [0.25, 0.3) is 0 Å². The molecule has 21 heavy (non-hydrogen) atoms. The molecule has 3 N–H and O–H groups in total. The lowest BCUT2D eigenvalue weighted by Gasteiger charge is -2.20. The number of rotatable bonds is 6. The van der Waals surface area contributed by atoms with Gasteiger partial charge in [-0.2, -0.15) is 0 Å². The normalized spacial score (nSPS) is 14.5. The van der Waals surface area contributed by atoms with E-state index in [1.165, 1.54) is 24.3 Å². The molecule has 0 amide bonds. The lowest BCUT2D eigenvalue weighted by Crippen LogP contribution is -2.26. The van der Waals surface area contributed by atoms with Crippen LogP contribution in [0, 0.1) is 5.92 Å². The van der Waals surface area contributed by atoms with Crippen molar-refractivity contribution in [3.05, 3.63) is 29.8 Å². The second-order valence-electron chi connectivity index (χ2n) is 5.18. The molecular formula is C14H21ClF3NO2. The first kappa shape index (κ1) is 20.0. The van der Waals surface area contributed by atoms with Gasteiger partial charge >= 0.3 is 6.36 Å². The predicted molar refractivity (Wildman–Crippen MR) is 77.4 cm³/mol. The summed E-state index contributed by atoms with van der Waals surface area (Å²) in [6, 6.07) is 4.64. The zero-order valence-electron chi connectivity index (χ0n) is 11.9. The highest BCUT2D eigenvalue weighted by atomic mass is 35.5. The first-order valence-electron chi connectivity index (χ1n) is 6.48. The van der Waals surface area contributed by atoms with Gasteiger partial charge in [-0.25, -0.2) is 0 Å². The van der Waals surface area contributed by atoms with Gasteiger partial charge in [-0.15, -0.1) is 25.6 Å². The first-order chi connectivity index (χ1) is 9.19. The van der Waals surface area contributed by atoms with Crippen molar-refractivity contribution in [1.82, 2.24) is 0 Å². The first-order valence-corrected chi connectivity index (χ1v) is 6.48. The van der Waals surface area contributed by atoms with Gasteiger partial charge in [0, 0.05) is 0 Å². The van der Waals surface area contributed by atoms with Crippen LogP contribution in [0.5, 0.6) is 5.75 Å². The van der Waals surface area contributed by atoms with E-state index in [9.17, 15) is 18.3 Å². The Morgan fingerprint density at radius 2 is 1.67 bits per heavy atom. The summed E-state index contributed by atoms with van der Waals surface area (Å²) in [6.45, 7) is 4.09. The average molecular weight is 328 g/mol. The summed E-state index contributed by atoms with van der Waals surface area (Å²) in [4.78, 5) is 0. The molecule has 0 unspecified atom stereocenters. The van der Waals surface area contributed by atoms with Crippen LogP contribution in [0.2, 0.25) is 0 Å². The summed E-state index contributed by atoms with van der Waals surface area (Å²) in [7, 11) is 0. The Kier molecular flexibility index (Phi) is 8.06. The van der Waals surface area contributed by atoms with E-state index in [1.807, 2.05) is 13.8 Å². The number of aliphatic hydroxyl groups excluding tert-OH is 1. The van der Waals surface area contributed by atoms with Crippen LogP contribution in [-0.4, -0.2) is 17.6 Å². The Balaban J connectivity index is 0.00000400. The average Bonchev–Trinajstić information content (AvgIpc) is 2.34. The van der Waals surface area contributed by atoms with Crippen LogP contribution < -0.4 is 10.5 Å². The van der Waals surface area contributed by atoms with E-state index >= 15 is 0 Å². The van der Waals surface area contributed by atoms with E-state index in [4.69, 9.17) is 5.73 Å². The van der Waals surface area contributed by atoms with Crippen molar-refractivity contribution in [2.45, 2.75) is 45.2 Å². The Hall–Kier alpha value is -0.980. The lowest BCUT2D eigenvalue weighted by atomic mass is 9.96. The molecule has 0 fully saturated rings. The number of alkyl halides is 3. The van der Waals surface area contributed by atoms with Crippen LogP contribution in [-0.2, 0) is 0 Å². The highest BCUT2D eigenvalue weighted by Gasteiger charge is 2.31. The van der Waals surface area contributed by atoms with Gasteiger partial charge in [-0.3, -0.25) is 0 Å². The number of benzene rings is 1. The third-order valence-electron chi connectivity index (χ3n) is 2.95. The summed E-state index contributed by atoms with van der Waals surface area (Å²) in [5.41, 5.74) is 6.47. The van der Waals surface area contributed by atoms with Crippen LogP contribution >= 0.6 is 12.4 Å². The van der Waals surface area contributed by atoms with E-state index in [2.05, 4.69) is 4.74 Å². The molecule has 0 heterocycles. The smallest absolute Gasteiger partial charge is 0.406 e. The van der Waals surface area contributed by atoms with Crippen molar-refractivity contribution in [1.29, 1.82) is 0 Å². The molecule has 2 atom stereocenters. The maximum atomic E-state index is 12.0. The minimum atomic E-state index is -4.71. The molecule has 1 rings (SSSR count). The van der Waals surface area contributed by atoms with Gasteiger partial charge in [0.1, 0.15) is 5.75 Å². The van der Waals surface area contributed by atoms with Crippen LogP contribution in [0.1, 0.15) is 38.3 Å². The van der Waals surface area contributed by atoms with Gasteiger partial charge in [0.15, 0.2) is 0 Å². The molecule has 0 spiro atoms. The predicted octanol–water partition coefficient (Wildman–Crippen LogP) is 3.80. The number of ether oxygens (including phenoxy) is 1. The number of aliphatic hydroxyl groups is 1. The number of hydrogen-bond acceptors (Lipinski definition) is 3. The molecule has 0 aliphatic carbocycles. The van der Waals surface area contributed by atoms with E-state index < -0.39 is 18.5 Å². The Morgan fingerprint density at radius 1 is 1.14 bits per heavy atom. The quantitative estimate of drug-likeness (QED) is 0.835. The van der Waals surface area contributed by atoms with E-state index in [0.717, 1.165) is 6.42 Å². The molecular weight excluding hydrogens is 307 g/mol. The molecule has 0 saturated carbocycles. The number of hydrogen-bond donors (Lipinski definition) is 2. The minimum Gasteiger partial charge on any atom is -0.406 e. The summed E-state index contributed by atoms with van der Waals surface area (Å²) in [6.07, 6.45) is -4.03. The third-order valence-corrected chi connectivity index (χ3v) is 2.95. The van der Waals surface area contributed by atoms with Crippen LogP contribution in [0.25, 0.3) is 0 Å². The SMILES string of the molecule is CC(C)CC[C@@H](O)[C@@H](N)c1ccc(OC(F)(F)F)cc1.Cl. The standard InChI is InChI=1S/C14H20F3NO2.ClH/c1-9(2)3-8-12(19)13(18)10-4-6-11(7-5-10)20-14(15,16)17;/h4-7,9,12-13,19H,3,8,18H2,1-2H3;1H/t12-,13+;/m1./s1. The van der Waals surface area contributed by atoms with E-state index in [1.54, 1.807) is 0 Å². The fraction of sp³-hybridized carbons (Fsp3) is 0.571. The maximum Gasteiger partial charge on any atom is 0.573 e. The van der Waals surface area contributed by atoms with Crippen molar-refractivity contribution in [2.75, 3.05) is 0 Å². The molecule has 0 aliphatic heterocycles. The fourth-order valence-electron chi connectivity index (χ4n) is 1.80. The molecule has 7 heteroatoms. The number of nitrogens with two attached hydrogens (primary N) is 1. The molecule has 3 nitrogen and oxygen atoms in total. The number of halogens is 4. The molecule has 122 valence electrons. The molecule has 1 aromatic carbocycles. The van der Waals surface area contributed by atoms with Gasteiger partial charge in [-0.1, -0.05) is 26.0 Å². The maximum absolute atomic E-state index is 12.0. The van der Waals surface area contributed by atoms with Crippen molar-refractivity contribution in [2.24, 2.45) is 11.7 Å². The van der Waals surface area contributed by atoms with Crippen LogP contribution in [0.15, 0.2) is 24.3 Å². The van der Waals surface area contributed by atoms with Gasteiger partial charge in [0.2, 0.25) is 0 Å². The summed E-state index contributed by atoms with van der Waals surface area (Å²) >= 11 is 0. The highest BCUT2D eigenvalue weighted by molar-refractivity contribution is 5.85. The molecule has 0 bridgehead atoms. The molecule has 0 radical (unpaired) electrons. The Bertz CT molecular complexity index is 410. The van der Waals surface area contributed by atoms with Gasteiger partial charge < -0.3 is 15.6 Å². The van der Waals surface area contributed by atoms with Gasteiger partial charge in [-0.05, 0) is 36.5 Å². The zero-order chi connectivity index (χ0) is 15.3. The molecule has 0 aliphatic rings. The Labute approximate surface area is 128 Å². The third kappa shape index (κ3) is 7.55. The van der Waals surface area contributed by atoms with E-state index in [-0.39, 0.29) is 18.2 Å². The summed E-state index contributed by atoms with van der Waals surface area (Å²) < 4.78 is 39.8.